The Morgan fingerprint density at radius 1 is 1.00 bits per heavy atom. The first-order valence-corrected chi connectivity index (χ1v) is 8.59. The first kappa shape index (κ1) is 22.7. The smallest absolute Gasteiger partial charge is 0.322 e. The minimum Gasteiger partial charge on any atom is -0.481 e. The van der Waals surface area contributed by atoms with Gasteiger partial charge < -0.3 is 31.9 Å². The molecule has 0 fully saturated rings. The Kier molecular flexibility index (Phi) is 11.0. The van der Waals surface area contributed by atoms with E-state index in [1.54, 1.807) is 0 Å². The number of carbonyl (C=O) groups excluding carboxylic acids is 3. The predicted molar refractivity (Wildman–Crippen MR) is 88.8 cm³/mol. The van der Waals surface area contributed by atoms with E-state index in [1.165, 1.54) is 11.8 Å². The topological polar surface area (TPSA) is 188 Å². The van der Waals surface area contributed by atoms with Crippen molar-refractivity contribution in [1.29, 1.82) is 0 Å². The number of nitrogens with one attached hydrogen (secondary N) is 3. The molecule has 7 N–H and O–H groups in total. The Labute approximate surface area is 148 Å². The third kappa shape index (κ3) is 10.9. The van der Waals surface area contributed by atoms with Gasteiger partial charge >= 0.3 is 11.9 Å². The maximum atomic E-state index is 12.0. The molecule has 0 heterocycles. The van der Waals surface area contributed by atoms with Crippen molar-refractivity contribution < 1.29 is 34.2 Å². The van der Waals surface area contributed by atoms with E-state index in [4.69, 9.17) is 15.9 Å². The summed E-state index contributed by atoms with van der Waals surface area (Å²) in [6.45, 7) is -1.18. The van der Waals surface area contributed by atoms with Gasteiger partial charge in [0.1, 0.15) is 12.6 Å². The van der Waals surface area contributed by atoms with E-state index in [-0.39, 0.29) is 0 Å². The van der Waals surface area contributed by atoms with E-state index >= 15 is 0 Å². The molecule has 142 valence electrons. The quantitative estimate of drug-likeness (QED) is 0.211. The van der Waals surface area contributed by atoms with Crippen LogP contribution in [-0.4, -0.2) is 77.1 Å². The molecule has 0 rings (SSSR count). The van der Waals surface area contributed by atoms with Gasteiger partial charge in [-0.2, -0.15) is 11.8 Å². The predicted octanol–water partition coefficient (Wildman–Crippen LogP) is -2.66. The number of carboxylic acid groups (broad SMARTS) is 2. The molecule has 25 heavy (non-hydrogen) atoms. The number of carboxylic acids is 2. The molecule has 2 atom stereocenters. The third-order valence-corrected chi connectivity index (χ3v) is 3.49. The van der Waals surface area contributed by atoms with Crippen molar-refractivity contribution >= 4 is 41.4 Å². The fourth-order valence-electron chi connectivity index (χ4n) is 1.57. The van der Waals surface area contributed by atoms with Gasteiger partial charge in [0.2, 0.25) is 17.7 Å². The highest BCUT2D eigenvalue weighted by Crippen LogP contribution is 2.00. The molecule has 0 saturated heterocycles. The first-order chi connectivity index (χ1) is 11.7. The number of hydrogen-bond donors (Lipinski definition) is 6. The summed E-state index contributed by atoms with van der Waals surface area (Å²) < 4.78 is 0. The Hall–Kier alpha value is -2.34. The van der Waals surface area contributed by atoms with Gasteiger partial charge in [0, 0.05) is 0 Å². The van der Waals surface area contributed by atoms with Crippen LogP contribution in [0.4, 0.5) is 0 Å². The van der Waals surface area contributed by atoms with Crippen LogP contribution in [0.3, 0.4) is 0 Å². The molecule has 11 nitrogen and oxygen atoms in total. The number of hydrogen-bond acceptors (Lipinski definition) is 7. The second-order valence-corrected chi connectivity index (χ2v) is 5.92. The van der Waals surface area contributed by atoms with Crippen molar-refractivity contribution in [2.24, 2.45) is 5.73 Å². The van der Waals surface area contributed by atoms with Crippen LogP contribution in [0.1, 0.15) is 12.8 Å². The lowest BCUT2D eigenvalue weighted by Crippen LogP contribution is -2.53. The van der Waals surface area contributed by atoms with E-state index in [9.17, 15) is 24.0 Å². The number of carbonyl (C=O) groups is 5. The number of aliphatic carboxylic acids is 2. The van der Waals surface area contributed by atoms with Gasteiger partial charge in [-0.3, -0.25) is 24.0 Å². The molecule has 0 aliphatic rings. The van der Waals surface area contributed by atoms with Crippen LogP contribution in [0.5, 0.6) is 0 Å². The van der Waals surface area contributed by atoms with Crippen LogP contribution in [0.25, 0.3) is 0 Å². The number of nitrogens with two attached hydrogens (primary N) is 1. The van der Waals surface area contributed by atoms with E-state index in [0.717, 1.165) is 0 Å². The average Bonchev–Trinajstić information content (AvgIpc) is 2.54. The monoisotopic (exact) mass is 378 g/mol. The highest BCUT2D eigenvalue weighted by atomic mass is 32.2. The molecule has 0 aromatic heterocycles. The largest absolute Gasteiger partial charge is 0.481 e. The average molecular weight is 378 g/mol. The summed E-state index contributed by atoms with van der Waals surface area (Å²) in [7, 11) is 0. The summed E-state index contributed by atoms with van der Waals surface area (Å²) in [6.07, 6.45) is 1.50. The molecule has 0 radical (unpaired) electrons. The van der Waals surface area contributed by atoms with Gasteiger partial charge in [-0.25, -0.2) is 0 Å². The Balaban J connectivity index is 4.60. The molecule has 0 saturated carbocycles. The first-order valence-electron chi connectivity index (χ1n) is 7.20. The zero-order valence-electron chi connectivity index (χ0n) is 13.6. The molecule has 0 aliphatic heterocycles. The zero-order valence-corrected chi connectivity index (χ0v) is 14.4. The normalized spacial score (nSPS) is 12.6. The minimum atomic E-state index is -1.40. The number of amides is 3. The summed E-state index contributed by atoms with van der Waals surface area (Å²) in [4.78, 5) is 56.3. The van der Waals surface area contributed by atoms with Gasteiger partial charge in [0.15, 0.2) is 0 Å². The lowest BCUT2D eigenvalue weighted by Gasteiger charge is -2.19. The highest BCUT2D eigenvalue weighted by Gasteiger charge is 2.26. The Bertz CT molecular complexity index is 515. The molecule has 12 heteroatoms. The SMILES string of the molecule is CSCCC(N)C(=O)NC(CC(=O)O)C(=O)NCC(=O)NCC(=O)O. The van der Waals surface area contributed by atoms with Crippen LogP contribution in [0.2, 0.25) is 0 Å². The summed E-state index contributed by atoms with van der Waals surface area (Å²) in [5, 5.41) is 23.6. The molecular formula is C13H22N4O7S. The molecular weight excluding hydrogens is 356 g/mol. The van der Waals surface area contributed by atoms with E-state index < -0.39 is 61.3 Å². The van der Waals surface area contributed by atoms with E-state index in [1.807, 2.05) is 11.6 Å². The second kappa shape index (κ2) is 12.1. The van der Waals surface area contributed by atoms with Crippen molar-refractivity contribution in [1.82, 2.24) is 16.0 Å². The Morgan fingerprint density at radius 2 is 1.64 bits per heavy atom. The molecule has 0 spiro atoms. The standard InChI is InChI=1S/C13H22N4O7S/c1-25-3-2-7(14)12(23)17-8(4-10(19)20)13(24)16-5-9(18)15-6-11(21)22/h7-8H,2-6,14H2,1H3,(H,15,18)(H,16,24)(H,17,23)(H,19,20)(H,21,22). The van der Waals surface area contributed by atoms with Crippen molar-refractivity contribution in [2.75, 3.05) is 25.1 Å². The molecule has 0 aromatic rings. The summed E-state index contributed by atoms with van der Waals surface area (Å²) >= 11 is 1.48. The third-order valence-electron chi connectivity index (χ3n) is 2.84. The summed E-state index contributed by atoms with van der Waals surface area (Å²) in [5.41, 5.74) is 5.65. The van der Waals surface area contributed by atoms with Gasteiger partial charge in [0.05, 0.1) is 19.0 Å². The lowest BCUT2D eigenvalue weighted by molar-refractivity contribution is -0.141. The van der Waals surface area contributed by atoms with Crippen molar-refractivity contribution in [3.8, 4) is 0 Å². The van der Waals surface area contributed by atoms with E-state index in [2.05, 4.69) is 10.6 Å². The van der Waals surface area contributed by atoms with Crippen LogP contribution in [-0.2, 0) is 24.0 Å². The molecule has 0 aromatic carbocycles. The molecule has 2 unspecified atom stereocenters. The number of thioether (sulfide) groups is 1. The van der Waals surface area contributed by atoms with Crippen molar-refractivity contribution in [3.05, 3.63) is 0 Å². The Morgan fingerprint density at radius 3 is 2.16 bits per heavy atom. The van der Waals surface area contributed by atoms with Gasteiger partial charge in [-0.05, 0) is 18.4 Å². The summed E-state index contributed by atoms with van der Waals surface area (Å²) in [5.74, 6) is -4.30. The number of rotatable bonds is 12. The summed E-state index contributed by atoms with van der Waals surface area (Å²) in [6, 6.07) is -2.30. The van der Waals surface area contributed by atoms with Crippen molar-refractivity contribution in [2.45, 2.75) is 24.9 Å². The molecule has 3 amide bonds. The second-order valence-electron chi connectivity index (χ2n) is 4.94. The molecule has 0 aliphatic carbocycles. The van der Waals surface area contributed by atoms with Gasteiger partial charge in [-0.1, -0.05) is 0 Å². The fraction of sp³-hybridized carbons (Fsp3) is 0.615. The van der Waals surface area contributed by atoms with Gasteiger partial charge in [-0.15, -0.1) is 0 Å². The maximum absolute atomic E-state index is 12.0. The lowest BCUT2D eigenvalue weighted by atomic mass is 10.1. The van der Waals surface area contributed by atoms with Crippen molar-refractivity contribution in [3.63, 3.8) is 0 Å². The van der Waals surface area contributed by atoms with Gasteiger partial charge in [0.25, 0.3) is 0 Å². The minimum absolute atomic E-state index is 0.353. The van der Waals surface area contributed by atoms with E-state index in [0.29, 0.717) is 12.2 Å². The van der Waals surface area contributed by atoms with Crippen LogP contribution < -0.4 is 21.7 Å². The fourth-order valence-corrected chi connectivity index (χ4v) is 2.06. The maximum Gasteiger partial charge on any atom is 0.322 e. The highest BCUT2D eigenvalue weighted by molar-refractivity contribution is 7.98. The molecule has 0 bridgehead atoms. The zero-order chi connectivity index (χ0) is 19.4. The van der Waals surface area contributed by atoms with Crippen LogP contribution in [0.15, 0.2) is 0 Å². The van der Waals surface area contributed by atoms with Crippen LogP contribution >= 0.6 is 11.8 Å². The van der Waals surface area contributed by atoms with Crippen LogP contribution in [0, 0.1) is 0 Å².